The van der Waals surface area contributed by atoms with Gasteiger partial charge in [0.05, 0.1) is 5.69 Å². The first-order valence-electron chi connectivity index (χ1n) is 13.6. The van der Waals surface area contributed by atoms with E-state index in [1.165, 1.54) is 30.2 Å². The highest BCUT2D eigenvalue weighted by Gasteiger charge is 2.27. The predicted octanol–water partition coefficient (Wildman–Crippen LogP) is 9.10. The molecule has 2 unspecified atom stereocenters. The van der Waals surface area contributed by atoms with Crippen LogP contribution < -0.4 is 0 Å². The van der Waals surface area contributed by atoms with E-state index in [2.05, 4.69) is 57.4 Å². The lowest BCUT2D eigenvalue weighted by molar-refractivity contribution is 0.00213. The summed E-state index contributed by atoms with van der Waals surface area (Å²) < 4.78 is 8.28. The third kappa shape index (κ3) is 11.0. The Morgan fingerprint density at radius 3 is 2.14 bits per heavy atom. The van der Waals surface area contributed by atoms with Crippen LogP contribution in [0.2, 0.25) is 0 Å². The molecule has 0 fully saturated rings. The molecule has 4 nitrogen and oxygen atoms in total. The van der Waals surface area contributed by atoms with Crippen LogP contribution in [0.1, 0.15) is 83.9 Å². The molecule has 1 aliphatic carbocycles. The quantitative estimate of drug-likeness (QED) is 0.274. The molecule has 0 spiro atoms. The minimum atomic E-state index is -1.44. The van der Waals surface area contributed by atoms with E-state index >= 15 is 0 Å². The average Bonchev–Trinajstić information content (AvgIpc) is 3.52. The van der Waals surface area contributed by atoms with Gasteiger partial charge >= 0.3 is 0 Å². The van der Waals surface area contributed by atoms with Crippen LogP contribution in [0.4, 0.5) is 0 Å². The molecule has 2 aromatic heterocycles. The second-order valence-electron chi connectivity index (χ2n) is 8.09. The van der Waals surface area contributed by atoms with Gasteiger partial charge in [0.2, 0.25) is 0 Å². The highest BCUT2D eigenvalue weighted by atomic mass is 16.5. The summed E-state index contributed by atoms with van der Waals surface area (Å²) in [5.41, 5.74) is 4.64. The normalized spacial score (nSPS) is 14.3. The molecule has 1 aliphatic rings. The molecule has 0 saturated carbocycles. The third-order valence-corrected chi connectivity index (χ3v) is 6.03. The van der Waals surface area contributed by atoms with E-state index in [1.54, 1.807) is 24.3 Å². The Labute approximate surface area is 227 Å². The van der Waals surface area contributed by atoms with Gasteiger partial charge in [-0.25, -0.2) is 0 Å². The second-order valence-corrected chi connectivity index (χ2v) is 8.09. The number of hydrogen-bond acceptors (Lipinski definition) is 3. The summed E-state index contributed by atoms with van der Waals surface area (Å²) in [6.07, 6.45) is 11.5. The van der Waals surface area contributed by atoms with Gasteiger partial charge in [-0.05, 0) is 67.9 Å². The highest BCUT2D eigenvalue weighted by molar-refractivity contribution is 5.68. The average molecular weight is 512 g/mol. The number of allylic oxidation sites excluding steroid dienone is 2. The molecule has 2 atom stereocenters. The van der Waals surface area contributed by atoms with Crippen molar-refractivity contribution in [1.82, 2.24) is 4.57 Å². The summed E-state index contributed by atoms with van der Waals surface area (Å²) in [6.45, 7) is 32.1. The van der Waals surface area contributed by atoms with Crippen LogP contribution in [-0.4, -0.2) is 21.1 Å². The zero-order valence-electron chi connectivity index (χ0n) is 24.6. The molecular formula is C33H53NO3. The van der Waals surface area contributed by atoms with Gasteiger partial charge in [-0.1, -0.05) is 79.3 Å². The molecule has 0 saturated heterocycles. The Kier molecular flexibility index (Phi) is 20.9. The van der Waals surface area contributed by atoms with Gasteiger partial charge < -0.3 is 19.2 Å². The number of furan rings is 1. The minimum Gasteiger partial charge on any atom is -0.455 e. The maximum absolute atomic E-state index is 9.15. The van der Waals surface area contributed by atoms with Gasteiger partial charge in [0.25, 0.3) is 0 Å². The van der Waals surface area contributed by atoms with Crippen LogP contribution in [0.3, 0.4) is 0 Å². The van der Waals surface area contributed by atoms with Gasteiger partial charge in [-0.2, -0.15) is 0 Å². The summed E-state index contributed by atoms with van der Waals surface area (Å²) in [5.74, 6) is 2.93. The molecule has 2 N–H and O–H groups in total. The van der Waals surface area contributed by atoms with Crippen LogP contribution in [0, 0.1) is 11.8 Å². The molecule has 0 radical (unpaired) electrons. The summed E-state index contributed by atoms with van der Waals surface area (Å²) >= 11 is 0. The number of nitrogens with zero attached hydrogens (tertiary/aromatic N) is 1. The summed E-state index contributed by atoms with van der Waals surface area (Å²) in [4.78, 5) is 0. The van der Waals surface area contributed by atoms with Crippen molar-refractivity contribution in [3.05, 3.63) is 85.8 Å². The molecule has 208 valence electrons. The van der Waals surface area contributed by atoms with E-state index in [4.69, 9.17) is 14.6 Å². The number of aliphatic hydroxyl groups excluding tert-OH is 1. The van der Waals surface area contributed by atoms with E-state index in [9.17, 15) is 0 Å². The third-order valence-electron chi connectivity index (χ3n) is 6.03. The van der Waals surface area contributed by atoms with Gasteiger partial charge in [0.1, 0.15) is 5.76 Å². The molecular weight excluding hydrogens is 458 g/mol. The maximum Gasteiger partial charge on any atom is 0.171 e. The van der Waals surface area contributed by atoms with Crippen LogP contribution >= 0.6 is 0 Å². The van der Waals surface area contributed by atoms with Crippen molar-refractivity contribution in [3.63, 3.8) is 0 Å². The van der Waals surface area contributed by atoms with E-state index < -0.39 is 6.29 Å². The lowest BCUT2D eigenvalue weighted by Gasteiger charge is -2.28. The molecule has 2 aromatic rings. The Bertz CT molecular complexity index is 904. The number of aliphatic hydroxyl groups is 2. The van der Waals surface area contributed by atoms with Crippen LogP contribution in [0.25, 0.3) is 23.6 Å². The first-order chi connectivity index (χ1) is 17.9. The van der Waals surface area contributed by atoms with Crippen molar-refractivity contribution in [2.75, 3.05) is 0 Å². The number of fused-ring (bicyclic) bond motifs is 1. The van der Waals surface area contributed by atoms with Crippen molar-refractivity contribution in [2.24, 2.45) is 11.8 Å². The SMILES string of the molecule is C=C.C=CC.C=Cc1cc(-c2cc3c(n2C/C=C/C(O)O)CCC(C(C)CC)C3)oc1C=C.CC.CC. The first-order valence-corrected chi connectivity index (χ1v) is 13.6. The minimum absolute atomic E-state index is 0.573. The van der Waals surface area contributed by atoms with Gasteiger partial charge in [-0.15, -0.1) is 19.7 Å². The highest BCUT2D eigenvalue weighted by Crippen LogP contribution is 2.37. The van der Waals surface area contributed by atoms with Crippen LogP contribution in [-0.2, 0) is 19.4 Å². The summed E-state index contributed by atoms with van der Waals surface area (Å²) in [6, 6.07) is 4.24. The topological polar surface area (TPSA) is 58.5 Å². The van der Waals surface area contributed by atoms with E-state index in [0.29, 0.717) is 18.4 Å². The Hall–Kier alpha value is -2.82. The zero-order valence-corrected chi connectivity index (χ0v) is 24.6. The second kappa shape index (κ2) is 21.3. The van der Waals surface area contributed by atoms with Gasteiger partial charge in [-0.3, -0.25) is 0 Å². The van der Waals surface area contributed by atoms with Crippen LogP contribution in [0.5, 0.6) is 0 Å². The molecule has 4 heteroatoms. The zero-order chi connectivity index (χ0) is 29.0. The van der Waals surface area contributed by atoms with E-state index in [0.717, 1.165) is 35.6 Å². The van der Waals surface area contributed by atoms with Crippen molar-refractivity contribution in [3.8, 4) is 11.5 Å². The monoisotopic (exact) mass is 511 g/mol. The van der Waals surface area contributed by atoms with Crippen molar-refractivity contribution >= 4 is 12.2 Å². The molecule has 0 aromatic carbocycles. The Morgan fingerprint density at radius 1 is 1.08 bits per heavy atom. The van der Waals surface area contributed by atoms with E-state index in [-0.39, 0.29) is 0 Å². The van der Waals surface area contributed by atoms with Crippen molar-refractivity contribution in [2.45, 2.75) is 87.0 Å². The van der Waals surface area contributed by atoms with Gasteiger partial charge in [0.15, 0.2) is 12.1 Å². The molecule has 37 heavy (non-hydrogen) atoms. The van der Waals surface area contributed by atoms with Crippen LogP contribution in [0.15, 0.2) is 67.7 Å². The number of aromatic nitrogens is 1. The maximum atomic E-state index is 9.15. The van der Waals surface area contributed by atoms with Crippen molar-refractivity contribution < 1.29 is 14.6 Å². The van der Waals surface area contributed by atoms with E-state index in [1.807, 2.05) is 40.7 Å². The van der Waals surface area contributed by atoms with Gasteiger partial charge in [0, 0.05) is 17.8 Å². The summed E-state index contributed by atoms with van der Waals surface area (Å²) in [7, 11) is 0. The largest absolute Gasteiger partial charge is 0.455 e. The molecule has 0 bridgehead atoms. The smallest absolute Gasteiger partial charge is 0.171 e. The molecule has 0 amide bonds. The number of rotatable bonds is 8. The fraction of sp³-hybridized carbons (Fsp3) is 0.455. The fourth-order valence-corrected chi connectivity index (χ4v) is 4.21. The Morgan fingerprint density at radius 2 is 1.68 bits per heavy atom. The Balaban J connectivity index is 0. The number of hydrogen-bond donors (Lipinski definition) is 2. The molecule has 0 aliphatic heterocycles. The molecule has 2 heterocycles. The predicted molar refractivity (Wildman–Crippen MR) is 164 cm³/mol. The lowest BCUT2D eigenvalue weighted by Crippen LogP contribution is -2.21. The molecule has 3 rings (SSSR count). The lowest BCUT2D eigenvalue weighted by atomic mass is 9.79. The first kappa shape index (κ1) is 36.3. The summed E-state index contributed by atoms with van der Waals surface area (Å²) in [5, 5.41) is 18.3. The fourth-order valence-electron chi connectivity index (χ4n) is 4.21. The standard InChI is InChI=1S/C24H31NO3.C3H6.2C2H6.C2H4/c1-5-16(4)18-10-11-20-19(13-18)14-21(25(20)12-8-9-24(26)27)23-15-17(6-2)22(7-3)28-23;1-3-2;3*1-2/h6-9,14-16,18,24,26-27H,2-3,5,10-13H2,1,4H3;3H,1H2,2H3;2*1-2H3;1-2H2/b9-8+;;;;. The van der Waals surface area contributed by atoms with Crippen molar-refractivity contribution in [1.29, 1.82) is 0 Å².